The van der Waals surface area contributed by atoms with Crippen molar-refractivity contribution in [2.24, 2.45) is 11.8 Å². The standard InChI is InChI=1S/C21H39N3O6S2/c1-17(2)14-23(32(28,29)22(5)6)13-12-19(25)16-24(15-18(3)4)31(26,27)21-10-8-20(30-7)9-11-21/h8-11,17-19,25H,12-16H2,1-7H3/t19-/m0/s1. The summed E-state index contributed by atoms with van der Waals surface area (Å²) in [5.41, 5.74) is 0. The van der Waals surface area contributed by atoms with E-state index in [0.29, 0.717) is 12.3 Å². The molecule has 0 unspecified atom stereocenters. The summed E-state index contributed by atoms with van der Waals surface area (Å²) in [4.78, 5) is 0.114. The molecular weight excluding hydrogens is 454 g/mol. The summed E-state index contributed by atoms with van der Waals surface area (Å²) in [6.45, 7) is 8.15. The fourth-order valence-corrected chi connectivity index (χ4v) is 6.06. The third kappa shape index (κ3) is 8.27. The Morgan fingerprint density at radius 3 is 1.81 bits per heavy atom. The number of nitrogens with zero attached hydrogens (tertiary/aromatic N) is 3. The van der Waals surface area contributed by atoms with Crippen LogP contribution in [0, 0.1) is 11.8 Å². The molecular formula is C21H39N3O6S2. The molecule has 1 N–H and O–H groups in total. The minimum absolute atomic E-state index is 0.0433. The lowest BCUT2D eigenvalue weighted by molar-refractivity contribution is 0.125. The molecule has 1 aromatic carbocycles. The van der Waals surface area contributed by atoms with Crippen LogP contribution in [0.2, 0.25) is 0 Å². The molecule has 0 bridgehead atoms. The van der Waals surface area contributed by atoms with Crippen LogP contribution >= 0.6 is 0 Å². The van der Waals surface area contributed by atoms with Gasteiger partial charge >= 0.3 is 0 Å². The Bertz CT molecular complexity index is 900. The Morgan fingerprint density at radius 1 is 0.875 bits per heavy atom. The molecule has 0 spiro atoms. The van der Waals surface area contributed by atoms with Gasteiger partial charge in [-0.2, -0.15) is 21.3 Å². The van der Waals surface area contributed by atoms with Gasteiger partial charge in [-0.3, -0.25) is 0 Å². The van der Waals surface area contributed by atoms with Crippen LogP contribution in [0.5, 0.6) is 5.75 Å². The monoisotopic (exact) mass is 493 g/mol. The van der Waals surface area contributed by atoms with Crippen molar-refractivity contribution in [3.8, 4) is 5.75 Å². The molecule has 1 atom stereocenters. The van der Waals surface area contributed by atoms with E-state index in [1.54, 1.807) is 12.1 Å². The Balaban J connectivity index is 3.00. The predicted octanol–water partition coefficient (Wildman–Crippen LogP) is 1.86. The molecule has 32 heavy (non-hydrogen) atoms. The SMILES string of the molecule is COc1ccc(S(=O)(=O)N(CC(C)C)C[C@@H](O)CCN(CC(C)C)S(=O)(=O)N(C)C)cc1. The molecule has 1 rings (SSSR count). The molecule has 0 aliphatic carbocycles. The predicted molar refractivity (Wildman–Crippen MR) is 126 cm³/mol. The first-order chi connectivity index (χ1) is 14.7. The van der Waals surface area contributed by atoms with Gasteiger partial charge in [-0.1, -0.05) is 27.7 Å². The van der Waals surface area contributed by atoms with Crippen molar-refractivity contribution in [2.75, 3.05) is 47.4 Å². The van der Waals surface area contributed by atoms with Gasteiger partial charge in [0, 0.05) is 40.3 Å². The molecule has 0 aliphatic rings. The minimum atomic E-state index is -3.84. The number of sulfonamides is 1. The summed E-state index contributed by atoms with van der Waals surface area (Å²) in [6, 6.07) is 6.10. The Hall–Kier alpha value is -1.24. The summed E-state index contributed by atoms with van der Waals surface area (Å²) < 4.78 is 60.4. The summed E-state index contributed by atoms with van der Waals surface area (Å²) in [6.07, 6.45) is -0.902. The van der Waals surface area contributed by atoms with E-state index in [-0.39, 0.29) is 42.8 Å². The van der Waals surface area contributed by atoms with Gasteiger partial charge in [-0.15, -0.1) is 0 Å². The average Bonchev–Trinajstić information content (AvgIpc) is 2.69. The lowest BCUT2D eigenvalue weighted by Crippen LogP contribution is -2.44. The van der Waals surface area contributed by atoms with E-state index in [1.807, 2.05) is 27.7 Å². The number of hydrogen-bond acceptors (Lipinski definition) is 6. The van der Waals surface area contributed by atoms with Gasteiger partial charge in [0.25, 0.3) is 10.2 Å². The molecule has 11 heteroatoms. The first kappa shape index (κ1) is 28.8. The van der Waals surface area contributed by atoms with Crippen molar-refractivity contribution >= 4 is 20.2 Å². The molecule has 0 radical (unpaired) electrons. The van der Waals surface area contributed by atoms with Crippen LogP contribution in [-0.4, -0.2) is 88.3 Å². The van der Waals surface area contributed by atoms with Gasteiger partial charge in [-0.05, 0) is 42.5 Å². The van der Waals surface area contributed by atoms with Crippen molar-refractivity contribution in [1.82, 2.24) is 12.9 Å². The summed E-state index contributed by atoms with van der Waals surface area (Å²) in [5.74, 6) is 0.697. The molecule has 0 heterocycles. The highest BCUT2D eigenvalue weighted by molar-refractivity contribution is 7.89. The van der Waals surface area contributed by atoms with E-state index in [2.05, 4.69) is 0 Å². The van der Waals surface area contributed by atoms with Gasteiger partial charge in [0.2, 0.25) is 10.0 Å². The van der Waals surface area contributed by atoms with E-state index in [1.165, 1.54) is 41.9 Å². The smallest absolute Gasteiger partial charge is 0.281 e. The Morgan fingerprint density at radius 2 is 1.38 bits per heavy atom. The number of methoxy groups -OCH3 is 1. The highest BCUT2D eigenvalue weighted by Gasteiger charge is 2.29. The zero-order valence-corrected chi connectivity index (χ0v) is 21.9. The zero-order valence-electron chi connectivity index (χ0n) is 20.2. The molecule has 0 saturated carbocycles. The average molecular weight is 494 g/mol. The van der Waals surface area contributed by atoms with Crippen LogP contribution in [-0.2, 0) is 20.2 Å². The van der Waals surface area contributed by atoms with E-state index in [4.69, 9.17) is 4.74 Å². The maximum atomic E-state index is 13.2. The number of aliphatic hydroxyl groups excluding tert-OH is 1. The second kappa shape index (κ2) is 12.3. The quantitative estimate of drug-likeness (QED) is 0.424. The fourth-order valence-electron chi connectivity index (χ4n) is 3.13. The van der Waals surface area contributed by atoms with E-state index in [0.717, 1.165) is 4.31 Å². The highest BCUT2D eigenvalue weighted by atomic mass is 32.2. The largest absolute Gasteiger partial charge is 0.497 e. The van der Waals surface area contributed by atoms with Crippen LogP contribution in [0.15, 0.2) is 29.2 Å². The van der Waals surface area contributed by atoms with E-state index in [9.17, 15) is 21.9 Å². The van der Waals surface area contributed by atoms with Crippen molar-refractivity contribution in [3.05, 3.63) is 24.3 Å². The molecule has 0 amide bonds. The summed E-state index contributed by atoms with van der Waals surface area (Å²) in [7, 11) is -3.05. The Kier molecular flexibility index (Phi) is 11.1. The van der Waals surface area contributed by atoms with Crippen LogP contribution < -0.4 is 4.74 Å². The molecule has 9 nitrogen and oxygen atoms in total. The van der Waals surface area contributed by atoms with Crippen molar-refractivity contribution in [1.29, 1.82) is 0 Å². The van der Waals surface area contributed by atoms with Crippen LogP contribution in [0.1, 0.15) is 34.1 Å². The molecule has 186 valence electrons. The van der Waals surface area contributed by atoms with Crippen molar-refractivity contribution in [3.63, 3.8) is 0 Å². The second-order valence-corrected chi connectivity index (χ2v) is 13.0. The van der Waals surface area contributed by atoms with Gasteiger partial charge in [0.1, 0.15) is 5.75 Å². The molecule has 1 aromatic rings. The van der Waals surface area contributed by atoms with Crippen LogP contribution in [0.4, 0.5) is 0 Å². The van der Waals surface area contributed by atoms with Gasteiger partial charge in [0.15, 0.2) is 0 Å². The lowest BCUT2D eigenvalue weighted by Gasteiger charge is -2.29. The molecule has 0 saturated heterocycles. The number of hydrogen-bond donors (Lipinski definition) is 1. The third-order valence-electron chi connectivity index (χ3n) is 4.75. The number of rotatable bonds is 14. The van der Waals surface area contributed by atoms with E-state index < -0.39 is 26.3 Å². The zero-order chi connectivity index (χ0) is 24.7. The number of ether oxygens (including phenoxy) is 1. The summed E-state index contributed by atoms with van der Waals surface area (Å²) in [5, 5.41) is 10.7. The fraction of sp³-hybridized carbons (Fsp3) is 0.714. The Labute approximate surface area is 194 Å². The van der Waals surface area contributed by atoms with Crippen molar-refractivity contribution in [2.45, 2.75) is 45.1 Å². The normalized spacial score (nSPS) is 14.2. The topological polar surface area (TPSA) is 107 Å². The maximum absolute atomic E-state index is 13.2. The van der Waals surface area contributed by atoms with E-state index >= 15 is 0 Å². The highest BCUT2D eigenvalue weighted by Crippen LogP contribution is 2.21. The minimum Gasteiger partial charge on any atom is -0.497 e. The van der Waals surface area contributed by atoms with Crippen LogP contribution in [0.25, 0.3) is 0 Å². The third-order valence-corrected chi connectivity index (χ3v) is 8.50. The van der Waals surface area contributed by atoms with Crippen LogP contribution in [0.3, 0.4) is 0 Å². The first-order valence-electron chi connectivity index (χ1n) is 10.7. The number of benzene rings is 1. The van der Waals surface area contributed by atoms with Gasteiger partial charge < -0.3 is 9.84 Å². The van der Waals surface area contributed by atoms with Gasteiger partial charge in [-0.25, -0.2) is 8.42 Å². The molecule has 0 aliphatic heterocycles. The summed E-state index contributed by atoms with van der Waals surface area (Å²) >= 11 is 0. The second-order valence-electron chi connectivity index (χ2n) is 8.88. The molecule has 0 fully saturated rings. The molecule has 0 aromatic heterocycles. The first-order valence-corrected chi connectivity index (χ1v) is 13.5. The maximum Gasteiger partial charge on any atom is 0.281 e. The van der Waals surface area contributed by atoms with Crippen molar-refractivity contribution < 1.29 is 26.7 Å². The van der Waals surface area contributed by atoms with Gasteiger partial charge in [0.05, 0.1) is 18.1 Å². The lowest BCUT2D eigenvalue weighted by atomic mass is 10.2. The number of aliphatic hydroxyl groups is 1.